The molecule has 2 aromatic rings. The van der Waals surface area contributed by atoms with Crippen LogP contribution in [0.1, 0.15) is 97.9 Å². The third-order valence-electron chi connectivity index (χ3n) is 8.50. The van der Waals surface area contributed by atoms with Crippen molar-refractivity contribution in [2.45, 2.75) is 105 Å². The fraction of sp³-hybridized carbons (Fsp3) is 0.583. The van der Waals surface area contributed by atoms with E-state index in [2.05, 4.69) is 87.8 Å². The van der Waals surface area contributed by atoms with Crippen LogP contribution in [0.25, 0.3) is 0 Å². The molecule has 0 aliphatic rings. The van der Waals surface area contributed by atoms with E-state index in [0.29, 0.717) is 59.3 Å². The first-order chi connectivity index (χ1) is 22.3. The third kappa shape index (κ3) is 10.7. The number of aromatic nitrogens is 2. The minimum absolute atomic E-state index is 0.00646. The summed E-state index contributed by atoms with van der Waals surface area (Å²) in [6.45, 7) is 24.1. The van der Waals surface area contributed by atoms with Crippen LogP contribution in [0, 0.1) is 17.4 Å². The van der Waals surface area contributed by atoms with Gasteiger partial charge in [-0.3, -0.25) is 14.5 Å². The van der Waals surface area contributed by atoms with Gasteiger partial charge in [0.2, 0.25) is 5.91 Å². The quantitative estimate of drug-likeness (QED) is 0.131. The van der Waals surface area contributed by atoms with Crippen molar-refractivity contribution in [2.24, 2.45) is 11.7 Å². The highest BCUT2D eigenvalue weighted by Gasteiger charge is 2.42. The molecule has 0 aliphatic heterocycles. The highest BCUT2D eigenvalue weighted by molar-refractivity contribution is 6.90. The average Bonchev–Trinajstić information content (AvgIpc) is 2.98. The molecule has 0 radical (unpaired) electrons. The van der Waals surface area contributed by atoms with Crippen molar-refractivity contribution < 1.29 is 19.1 Å². The Morgan fingerprint density at radius 2 is 1.60 bits per heavy atom. The van der Waals surface area contributed by atoms with Crippen molar-refractivity contribution in [1.29, 1.82) is 0 Å². The molecule has 1 aromatic heterocycles. The molecule has 12 heteroatoms. The van der Waals surface area contributed by atoms with Crippen LogP contribution in [0.2, 0.25) is 16.6 Å². The minimum atomic E-state index is -2.08. The summed E-state index contributed by atoms with van der Waals surface area (Å²) in [7, 11) is -0.789. The van der Waals surface area contributed by atoms with Crippen molar-refractivity contribution in [3.05, 3.63) is 41.2 Å². The second-order valence-corrected chi connectivity index (χ2v) is 20.1. The molecule has 48 heavy (non-hydrogen) atoms. The molecule has 1 heterocycles. The lowest BCUT2D eigenvalue weighted by Crippen LogP contribution is -2.50. The summed E-state index contributed by atoms with van der Waals surface area (Å²) in [4.78, 5) is 48.3. The third-order valence-corrected chi connectivity index (χ3v) is 14.8. The number of primary amides is 1. The molecule has 0 atom stereocenters. The van der Waals surface area contributed by atoms with Crippen LogP contribution in [0.5, 0.6) is 0 Å². The number of nitrogens with zero attached hydrogens (tertiary/aromatic N) is 3. The zero-order chi connectivity index (χ0) is 36.4. The zero-order valence-electron chi connectivity index (χ0n) is 31.0. The van der Waals surface area contributed by atoms with Gasteiger partial charge in [0.1, 0.15) is 14.6 Å². The summed E-state index contributed by atoms with van der Waals surface area (Å²) in [5, 5.41) is 9.50. The molecular weight excluding hydrogens is 623 g/mol. The van der Waals surface area contributed by atoms with Crippen molar-refractivity contribution in [2.75, 3.05) is 37.4 Å². The number of carbonyl (C=O) groups is 3. The molecule has 0 saturated carbocycles. The van der Waals surface area contributed by atoms with Gasteiger partial charge in [0.15, 0.2) is 23.0 Å². The summed E-state index contributed by atoms with van der Waals surface area (Å²) in [6.07, 6.45) is -0.0270. The normalized spacial score (nSPS) is 11.8. The fourth-order valence-corrected chi connectivity index (χ4v) is 11.2. The molecule has 0 fully saturated rings. The van der Waals surface area contributed by atoms with E-state index in [1.54, 1.807) is 0 Å². The molecule has 1 aromatic carbocycles. The van der Waals surface area contributed by atoms with E-state index >= 15 is 0 Å². The largest absolute Gasteiger partial charge is 0.453 e. The van der Waals surface area contributed by atoms with Gasteiger partial charge < -0.3 is 26.4 Å². The molecule has 3 amide bonds. The minimum Gasteiger partial charge on any atom is -0.453 e. The lowest BCUT2D eigenvalue weighted by atomic mass is 10.1. The molecule has 0 spiro atoms. The Morgan fingerprint density at radius 3 is 2.12 bits per heavy atom. The second-order valence-electron chi connectivity index (χ2n) is 14.6. The van der Waals surface area contributed by atoms with Gasteiger partial charge in [-0.05, 0) is 67.4 Å². The summed E-state index contributed by atoms with van der Waals surface area (Å²) in [6, 6.07) is 7.59. The number of benzene rings is 1. The van der Waals surface area contributed by atoms with Crippen molar-refractivity contribution in [3.63, 3.8) is 0 Å². The standard InChI is InChI=1S/C36H57N7O4Si/c1-23(2)21-39-33-29(17-19-48(24(3)4,25(5)6)26(7)8)41-31(32(37)45)34(42-33)40-28-15-13-14-27(20-28)16-18-38-30(44)22-43(35(46)47-12)36(9,10)11/h13-15,20,23-26H,16,18,21-22H2,1-12H3,(H2,37,45)(H,38,44)(H2,39,40,42). The van der Waals surface area contributed by atoms with E-state index < -0.39 is 25.6 Å². The lowest BCUT2D eigenvalue weighted by Gasteiger charge is -2.38. The van der Waals surface area contributed by atoms with E-state index in [-0.39, 0.29) is 24.0 Å². The van der Waals surface area contributed by atoms with Gasteiger partial charge in [0.05, 0.1) is 7.11 Å². The van der Waals surface area contributed by atoms with Gasteiger partial charge in [-0.25, -0.2) is 14.8 Å². The van der Waals surface area contributed by atoms with E-state index in [0.717, 1.165) is 5.56 Å². The van der Waals surface area contributed by atoms with Crippen molar-refractivity contribution in [3.8, 4) is 11.5 Å². The Morgan fingerprint density at radius 1 is 0.979 bits per heavy atom. The highest BCUT2D eigenvalue weighted by atomic mass is 28.3. The predicted octanol–water partition coefficient (Wildman–Crippen LogP) is 6.48. The maximum atomic E-state index is 12.7. The molecule has 0 bridgehead atoms. The number of nitrogens with one attached hydrogen (secondary N) is 3. The van der Waals surface area contributed by atoms with Gasteiger partial charge >= 0.3 is 6.09 Å². The first-order valence-corrected chi connectivity index (χ1v) is 19.0. The van der Waals surface area contributed by atoms with Crippen molar-refractivity contribution in [1.82, 2.24) is 20.2 Å². The van der Waals surface area contributed by atoms with Gasteiger partial charge in [0.25, 0.3) is 5.91 Å². The number of hydrogen-bond acceptors (Lipinski definition) is 8. The molecule has 0 saturated heterocycles. The van der Waals surface area contributed by atoms with E-state index in [1.807, 2.05) is 45.0 Å². The Balaban J connectivity index is 2.38. The van der Waals surface area contributed by atoms with Gasteiger partial charge in [-0.15, -0.1) is 5.54 Å². The fourth-order valence-electron chi connectivity index (χ4n) is 5.98. The number of anilines is 3. The molecule has 0 unspecified atom stereocenters. The van der Waals surface area contributed by atoms with Crippen LogP contribution in [0.15, 0.2) is 24.3 Å². The Hall–Kier alpha value is -4.11. The molecular formula is C36H57N7O4Si. The zero-order valence-corrected chi connectivity index (χ0v) is 32.0. The van der Waals surface area contributed by atoms with Crippen LogP contribution in [0.4, 0.5) is 22.1 Å². The van der Waals surface area contributed by atoms with Gasteiger partial charge in [-0.2, -0.15) is 0 Å². The maximum Gasteiger partial charge on any atom is 0.410 e. The van der Waals surface area contributed by atoms with Crippen LogP contribution in [-0.2, 0) is 16.0 Å². The second kappa shape index (κ2) is 17.3. The number of nitrogens with two attached hydrogens (primary N) is 1. The average molecular weight is 680 g/mol. The molecule has 264 valence electrons. The summed E-state index contributed by atoms with van der Waals surface area (Å²) in [5.41, 5.74) is 12.3. The summed E-state index contributed by atoms with van der Waals surface area (Å²) in [5.74, 6) is 3.43. The van der Waals surface area contributed by atoms with Crippen molar-refractivity contribution >= 4 is 43.3 Å². The smallest absolute Gasteiger partial charge is 0.410 e. The first kappa shape index (κ1) is 40.1. The van der Waals surface area contributed by atoms with E-state index in [1.165, 1.54) is 12.0 Å². The monoisotopic (exact) mass is 679 g/mol. The predicted molar refractivity (Wildman–Crippen MR) is 197 cm³/mol. The Bertz CT molecular complexity index is 1470. The SMILES string of the molecule is COC(=O)N(CC(=O)NCCc1cccc(Nc2nc(NCC(C)C)c(C#C[Si](C(C)C)(C(C)C)C(C)C)nc2C(N)=O)c1)C(C)(C)C. The maximum absolute atomic E-state index is 12.7. The topological polar surface area (TPSA) is 152 Å². The molecule has 2 rings (SSSR count). The number of hydrogen-bond donors (Lipinski definition) is 4. The lowest BCUT2D eigenvalue weighted by molar-refractivity contribution is -0.123. The molecule has 5 N–H and O–H groups in total. The number of carbonyl (C=O) groups excluding carboxylic acids is 3. The number of ether oxygens (including phenoxy) is 1. The van der Waals surface area contributed by atoms with Crippen LogP contribution in [-0.4, -0.2) is 73.1 Å². The summed E-state index contributed by atoms with van der Waals surface area (Å²) < 4.78 is 4.84. The highest BCUT2D eigenvalue weighted by Crippen LogP contribution is 2.41. The Labute approximate surface area is 288 Å². The first-order valence-electron chi connectivity index (χ1n) is 16.8. The summed E-state index contributed by atoms with van der Waals surface area (Å²) >= 11 is 0. The van der Waals surface area contributed by atoms with Crippen LogP contribution < -0.4 is 21.7 Å². The van der Waals surface area contributed by atoms with E-state index in [4.69, 9.17) is 15.5 Å². The van der Waals surface area contributed by atoms with Gasteiger partial charge in [0, 0.05) is 24.3 Å². The number of methoxy groups -OCH3 is 1. The van der Waals surface area contributed by atoms with Gasteiger partial charge in [-0.1, -0.05) is 73.4 Å². The Kier molecular flexibility index (Phi) is 14.5. The van der Waals surface area contributed by atoms with Crippen LogP contribution >= 0.6 is 0 Å². The molecule has 11 nitrogen and oxygen atoms in total. The van der Waals surface area contributed by atoms with E-state index in [9.17, 15) is 14.4 Å². The molecule has 0 aliphatic carbocycles. The number of amides is 3. The van der Waals surface area contributed by atoms with Crippen LogP contribution in [0.3, 0.4) is 0 Å². The number of rotatable bonds is 14.